The van der Waals surface area contributed by atoms with E-state index in [1.807, 2.05) is 0 Å². The summed E-state index contributed by atoms with van der Waals surface area (Å²) in [6, 6.07) is 0. The zero-order chi connectivity index (χ0) is 37.1. The third kappa shape index (κ3) is 15.2. The minimum absolute atomic E-state index is 0.0485. The van der Waals surface area contributed by atoms with Gasteiger partial charge in [0.25, 0.3) is 0 Å². The summed E-state index contributed by atoms with van der Waals surface area (Å²) in [5.74, 6) is -1.77. The summed E-state index contributed by atoms with van der Waals surface area (Å²) in [7, 11) is -2.31. The predicted octanol–water partition coefficient (Wildman–Crippen LogP) is 7.30. The van der Waals surface area contributed by atoms with Crippen LogP contribution < -0.4 is 0 Å². The van der Waals surface area contributed by atoms with Crippen molar-refractivity contribution in [3.63, 3.8) is 0 Å². The van der Waals surface area contributed by atoms with E-state index in [0.29, 0.717) is 16.6 Å². The van der Waals surface area contributed by atoms with Crippen molar-refractivity contribution in [2.24, 2.45) is 0 Å². The molecule has 48 heavy (non-hydrogen) atoms. The summed E-state index contributed by atoms with van der Waals surface area (Å²) in [4.78, 5) is 37.2. The summed E-state index contributed by atoms with van der Waals surface area (Å²) in [6.07, 6.45) is 3.98. The van der Waals surface area contributed by atoms with Crippen molar-refractivity contribution in [1.82, 2.24) is 0 Å². The van der Waals surface area contributed by atoms with Crippen molar-refractivity contribution < 1.29 is 52.0 Å². The Balaban J connectivity index is 3.50. The van der Waals surface area contributed by atoms with Gasteiger partial charge in [0.15, 0.2) is 26.6 Å². The molecule has 4 atom stereocenters. The van der Waals surface area contributed by atoms with E-state index in [9.17, 15) is 14.4 Å². The van der Waals surface area contributed by atoms with E-state index in [2.05, 4.69) is 41.5 Å². The molecule has 1 aliphatic heterocycles. The first kappa shape index (κ1) is 43.2. The molecule has 1 aliphatic rings. The Morgan fingerprint density at radius 3 is 1.33 bits per heavy atom. The first-order chi connectivity index (χ1) is 21.9. The Hall–Kier alpha value is -2.83. The summed E-state index contributed by atoms with van der Waals surface area (Å²) in [5.41, 5.74) is -1.10. The smallest absolute Gasteiger partial charge is 0.334 e. The van der Waals surface area contributed by atoms with Crippen LogP contribution in [0.2, 0.25) is 16.6 Å². The van der Waals surface area contributed by atoms with Crippen LogP contribution >= 0.6 is 0 Å². The molecule has 12 heteroatoms. The lowest BCUT2D eigenvalue weighted by molar-refractivity contribution is -0.200. The molecule has 0 saturated carbocycles. The lowest BCUT2D eigenvalue weighted by Gasteiger charge is -2.45. The second-order valence-electron chi connectivity index (χ2n) is 15.9. The molecule has 11 nitrogen and oxygen atoms in total. The second kappa shape index (κ2) is 18.2. The highest BCUT2D eigenvalue weighted by molar-refractivity contribution is 6.77. The summed E-state index contributed by atoms with van der Waals surface area (Å²) in [5, 5.41) is 0. The van der Waals surface area contributed by atoms with E-state index >= 15 is 0 Å². The van der Waals surface area contributed by atoms with Gasteiger partial charge in [0, 0.05) is 0 Å². The molecule has 1 rings (SSSR count). The fourth-order valence-electron chi connectivity index (χ4n) is 5.72. The van der Waals surface area contributed by atoms with Crippen LogP contribution in [0.3, 0.4) is 0 Å². The van der Waals surface area contributed by atoms with Crippen LogP contribution in [0.15, 0.2) is 37.0 Å². The molecule has 0 unspecified atom stereocenters. The predicted molar refractivity (Wildman–Crippen MR) is 186 cm³/mol. The lowest BCUT2D eigenvalue weighted by Crippen LogP contribution is -2.58. The van der Waals surface area contributed by atoms with Gasteiger partial charge in [-0.3, -0.25) is 0 Å². The van der Waals surface area contributed by atoms with E-state index in [0.717, 1.165) is 0 Å². The zero-order valence-corrected chi connectivity index (χ0v) is 32.9. The van der Waals surface area contributed by atoms with Gasteiger partial charge in [0.2, 0.25) is 0 Å². The molecular weight excluding hydrogens is 636 g/mol. The number of esters is 3. The third-order valence-corrected chi connectivity index (χ3v) is 13.4. The Morgan fingerprint density at radius 1 is 0.625 bits per heavy atom. The minimum Gasteiger partial charge on any atom is -0.491 e. The van der Waals surface area contributed by atoms with Crippen LogP contribution in [0.4, 0.5) is 0 Å². The SMILES string of the molecule is CC(C)[Si](OC[C@H]1OC[C@H](O/C=C/C(=O)OC(C)(C)C)[C@@H](O/C=C/C(=O)OC(C)(C)C)[C@@H]1O/C=C/C(=O)OC(C)(C)C)(C(C)C)C(C)C. The van der Waals surface area contributed by atoms with Gasteiger partial charge in [-0.2, -0.15) is 0 Å². The molecule has 1 heterocycles. The number of hydrogen-bond acceptors (Lipinski definition) is 11. The van der Waals surface area contributed by atoms with E-state index in [4.69, 9.17) is 37.6 Å². The van der Waals surface area contributed by atoms with Crippen molar-refractivity contribution in [3.05, 3.63) is 37.0 Å². The molecule has 0 bridgehead atoms. The molecule has 0 aromatic carbocycles. The van der Waals surface area contributed by atoms with Crippen LogP contribution in [-0.2, 0) is 52.0 Å². The average Bonchev–Trinajstić information content (AvgIpc) is 2.87. The first-order valence-corrected chi connectivity index (χ1v) is 18.9. The van der Waals surface area contributed by atoms with Gasteiger partial charge in [-0.1, -0.05) is 41.5 Å². The van der Waals surface area contributed by atoms with Crippen LogP contribution in [0.1, 0.15) is 104 Å². The van der Waals surface area contributed by atoms with E-state index in [1.165, 1.54) is 37.0 Å². The quantitative estimate of drug-likeness (QED) is 0.0562. The standard InChI is InChI=1S/C36H62O11Si/c1-24(2)48(25(3)4,26(5)6)44-23-28-33(42-21-18-31(39)47-36(13,14)15)32(41-20-17-30(38)46-35(10,11)12)27(22-43-28)40-19-16-29(37)45-34(7,8)9/h16-21,24-28,32-33H,22-23H2,1-15H3/b19-16+,20-17+,21-18+/t27-,28+,32+,33+/m0/s1. The van der Waals surface area contributed by atoms with Crippen molar-refractivity contribution in [3.8, 4) is 0 Å². The molecule has 0 aliphatic carbocycles. The zero-order valence-electron chi connectivity index (χ0n) is 31.9. The van der Waals surface area contributed by atoms with Crippen LogP contribution in [0.25, 0.3) is 0 Å². The molecular formula is C36H62O11Si. The number of carbonyl (C=O) groups excluding carboxylic acids is 3. The molecule has 0 N–H and O–H groups in total. The maximum atomic E-state index is 12.5. The Morgan fingerprint density at radius 2 is 0.979 bits per heavy atom. The Kier molecular flexibility index (Phi) is 16.4. The first-order valence-electron chi connectivity index (χ1n) is 16.8. The largest absolute Gasteiger partial charge is 0.491 e. The van der Waals surface area contributed by atoms with Gasteiger partial charge in [0.1, 0.15) is 22.9 Å². The number of ether oxygens (including phenoxy) is 7. The molecule has 276 valence electrons. The highest BCUT2D eigenvalue weighted by Crippen LogP contribution is 2.42. The van der Waals surface area contributed by atoms with Crippen molar-refractivity contribution in [2.45, 2.75) is 162 Å². The van der Waals surface area contributed by atoms with Crippen LogP contribution in [0.5, 0.6) is 0 Å². The number of rotatable bonds is 15. The molecule has 0 radical (unpaired) electrons. The van der Waals surface area contributed by atoms with Crippen molar-refractivity contribution in [2.75, 3.05) is 13.2 Å². The van der Waals surface area contributed by atoms with E-state index < -0.39 is 67.4 Å². The maximum Gasteiger partial charge on any atom is 0.334 e. The fraction of sp³-hybridized carbons (Fsp3) is 0.750. The van der Waals surface area contributed by atoms with Gasteiger partial charge >= 0.3 is 17.9 Å². The van der Waals surface area contributed by atoms with Gasteiger partial charge in [0.05, 0.1) is 50.2 Å². The molecule has 1 fully saturated rings. The van der Waals surface area contributed by atoms with Gasteiger partial charge < -0.3 is 37.6 Å². The molecule has 0 aromatic rings. The Labute approximate surface area is 289 Å². The van der Waals surface area contributed by atoms with Crippen molar-refractivity contribution >= 4 is 26.2 Å². The highest BCUT2D eigenvalue weighted by atomic mass is 28.4. The topological polar surface area (TPSA) is 125 Å². The number of carbonyl (C=O) groups is 3. The monoisotopic (exact) mass is 698 g/mol. The second-order valence-corrected chi connectivity index (χ2v) is 21.3. The molecule has 1 saturated heterocycles. The normalized spacial score (nSPS) is 21.4. The third-order valence-electron chi connectivity index (χ3n) is 7.29. The van der Waals surface area contributed by atoms with Crippen molar-refractivity contribution in [1.29, 1.82) is 0 Å². The molecule has 0 aromatic heterocycles. The number of hydrogen-bond donors (Lipinski definition) is 0. The van der Waals surface area contributed by atoms with Gasteiger partial charge in [-0.05, 0) is 78.9 Å². The fourth-order valence-corrected chi connectivity index (χ4v) is 11.2. The molecule has 0 spiro atoms. The highest BCUT2D eigenvalue weighted by Gasteiger charge is 2.49. The van der Waals surface area contributed by atoms with E-state index in [1.54, 1.807) is 62.3 Å². The average molecular weight is 699 g/mol. The molecule has 0 amide bonds. The van der Waals surface area contributed by atoms with Crippen LogP contribution in [0, 0.1) is 0 Å². The van der Waals surface area contributed by atoms with Gasteiger partial charge in [-0.25, -0.2) is 14.4 Å². The lowest BCUT2D eigenvalue weighted by atomic mass is 10.00. The van der Waals surface area contributed by atoms with Crippen LogP contribution in [-0.4, -0.2) is 80.7 Å². The summed E-state index contributed by atoms with van der Waals surface area (Å²) < 4.78 is 47.5. The summed E-state index contributed by atoms with van der Waals surface area (Å²) >= 11 is 0. The van der Waals surface area contributed by atoms with Gasteiger partial charge in [-0.15, -0.1) is 0 Å². The minimum atomic E-state index is -2.31. The summed E-state index contributed by atoms with van der Waals surface area (Å²) in [6.45, 7) is 29.3. The maximum absolute atomic E-state index is 12.5. The van der Waals surface area contributed by atoms with E-state index in [-0.39, 0.29) is 13.2 Å². The Bertz CT molecular complexity index is 1100.